The summed E-state index contributed by atoms with van der Waals surface area (Å²) in [6.07, 6.45) is 4.02. The van der Waals surface area contributed by atoms with Crippen LogP contribution in [0.4, 0.5) is 0 Å². The molecule has 1 amide bonds. The molecule has 0 saturated heterocycles. The van der Waals surface area contributed by atoms with Gasteiger partial charge in [0.15, 0.2) is 0 Å². The number of rotatable bonds is 8. The Kier molecular flexibility index (Phi) is 7.56. The maximum atomic E-state index is 11.0. The van der Waals surface area contributed by atoms with Crippen LogP contribution in [0.1, 0.15) is 31.2 Å². The Balaban J connectivity index is 1.93. The molecule has 1 aromatic rings. The van der Waals surface area contributed by atoms with E-state index < -0.39 is 0 Å². The van der Waals surface area contributed by atoms with Gasteiger partial charge in [0.1, 0.15) is 0 Å². The molecule has 0 aliphatic carbocycles. The highest BCUT2D eigenvalue weighted by Gasteiger charge is 1.97. The van der Waals surface area contributed by atoms with Crippen LogP contribution >= 0.6 is 11.8 Å². The molecule has 2 nitrogen and oxygen atoms in total. The largest absolute Gasteiger partial charge is 0.359 e. The van der Waals surface area contributed by atoms with Crippen LogP contribution in [-0.2, 0) is 10.5 Å². The number of hydrogen-bond acceptors (Lipinski definition) is 2. The molecule has 0 spiro atoms. The van der Waals surface area contributed by atoms with Crippen LogP contribution in [0.15, 0.2) is 30.3 Å². The monoisotopic (exact) mass is 251 g/mol. The van der Waals surface area contributed by atoms with E-state index in [2.05, 4.69) is 29.6 Å². The maximum Gasteiger partial charge on any atom is 0.219 e. The first-order valence-corrected chi connectivity index (χ1v) is 7.30. The number of hydrogen-bond donors (Lipinski definition) is 1. The molecule has 0 bridgehead atoms. The lowest BCUT2D eigenvalue weighted by Crippen LogP contribution is -2.16. The van der Waals surface area contributed by atoms with Crippen molar-refractivity contribution in [3.63, 3.8) is 0 Å². The Morgan fingerprint density at radius 1 is 1.18 bits per heavy atom. The van der Waals surface area contributed by atoms with E-state index in [-0.39, 0.29) is 5.91 Å². The Morgan fingerprint density at radius 3 is 2.65 bits per heavy atom. The van der Waals surface area contributed by atoms with Crippen LogP contribution in [0.5, 0.6) is 0 Å². The number of amides is 1. The van der Waals surface area contributed by atoms with Gasteiger partial charge in [-0.3, -0.25) is 4.79 Å². The molecule has 3 heteroatoms. The summed E-state index contributed by atoms with van der Waals surface area (Å²) in [5.74, 6) is 2.43. The quantitative estimate of drug-likeness (QED) is 0.719. The topological polar surface area (TPSA) is 29.1 Å². The van der Waals surface area contributed by atoms with E-state index >= 15 is 0 Å². The third-order valence-corrected chi connectivity index (χ3v) is 3.70. The fourth-order valence-corrected chi connectivity index (χ4v) is 2.54. The minimum atomic E-state index is 0.155. The summed E-state index contributed by atoms with van der Waals surface area (Å²) < 4.78 is 0. The summed E-state index contributed by atoms with van der Waals surface area (Å²) in [6, 6.07) is 10.5. The van der Waals surface area contributed by atoms with Gasteiger partial charge in [-0.05, 0) is 24.2 Å². The lowest BCUT2D eigenvalue weighted by Gasteiger charge is -2.02. The third kappa shape index (κ3) is 7.05. The zero-order chi connectivity index (χ0) is 12.3. The van der Waals surface area contributed by atoms with Gasteiger partial charge < -0.3 is 5.32 Å². The molecule has 0 atom stereocenters. The van der Waals surface area contributed by atoms with E-state index in [0.717, 1.165) is 18.6 Å². The maximum absolute atomic E-state index is 11.0. The van der Waals surface area contributed by atoms with E-state index in [1.54, 1.807) is 7.05 Å². The van der Waals surface area contributed by atoms with Crippen LogP contribution in [0.3, 0.4) is 0 Å². The molecule has 94 valence electrons. The first-order valence-electron chi connectivity index (χ1n) is 6.15. The van der Waals surface area contributed by atoms with Gasteiger partial charge in [-0.15, -0.1) is 0 Å². The van der Waals surface area contributed by atoms with Crippen molar-refractivity contribution in [1.82, 2.24) is 5.32 Å². The molecule has 0 unspecified atom stereocenters. The van der Waals surface area contributed by atoms with Crippen molar-refractivity contribution in [1.29, 1.82) is 0 Å². The summed E-state index contributed by atoms with van der Waals surface area (Å²) >= 11 is 1.97. The van der Waals surface area contributed by atoms with Gasteiger partial charge in [-0.2, -0.15) is 11.8 Å². The van der Waals surface area contributed by atoms with Gasteiger partial charge in [0.2, 0.25) is 5.91 Å². The minimum absolute atomic E-state index is 0.155. The molecule has 0 aliphatic heterocycles. The fourth-order valence-electron chi connectivity index (χ4n) is 1.56. The molecule has 0 heterocycles. The lowest BCUT2D eigenvalue weighted by atomic mass is 10.2. The van der Waals surface area contributed by atoms with E-state index in [1.165, 1.54) is 17.7 Å². The van der Waals surface area contributed by atoms with Gasteiger partial charge in [-0.1, -0.05) is 36.8 Å². The van der Waals surface area contributed by atoms with Gasteiger partial charge >= 0.3 is 0 Å². The summed E-state index contributed by atoms with van der Waals surface area (Å²) in [4.78, 5) is 11.0. The number of carbonyl (C=O) groups excluding carboxylic acids is 1. The molecule has 0 fully saturated rings. The van der Waals surface area contributed by atoms with Crippen molar-refractivity contribution < 1.29 is 4.79 Å². The fraction of sp³-hybridized carbons (Fsp3) is 0.500. The van der Waals surface area contributed by atoms with Crippen LogP contribution in [0.2, 0.25) is 0 Å². The summed E-state index contributed by atoms with van der Waals surface area (Å²) in [5, 5.41) is 2.64. The molecule has 1 aromatic carbocycles. The zero-order valence-corrected chi connectivity index (χ0v) is 11.3. The van der Waals surface area contributed by atoms with E-state index in [9.17, 15) is 4.79 Å². The average molecular weight is 251 g/mol. The molecule has 1 rings (SSSR count). The SMILES string of the molecule is CNC(=O)CCCCCSCc1ccccc1. The van der Waals surface area contributed by atoms with E-state index in [0.29, 0.717) is 6.42 Å². The van der Waals surface area contributed by atoms with Gasteiger partial charge in [-0.25, -0.2) is 0 Å². The molecule has 0 aliphatic rings. The zero-order valence-electron chi connectivity index (χ0n) is 10.4. The summed E-state index contributed by atoms with van der Waals surface area (Å²) in [7, 11) is 1.69. The first kappa shape index (κ1) is 14.1. The minimum Gasteiger partial charge on any atom is -0.359 e. The van der Waals surface area contributed by atoms with Gasteiger partial charge in [0.05, 0.1) is 0 Å². The smallest absolute Gasteiger partial charge is 0.219 e. The van der Waals surface area contributed by atoms with Crippen molar-refractivity contribution in [2.24, 2.45) is 0 Å². The second kappa shape index (κ2) is 9.11. The molecule has 17 heavy (non-hydrogen) atoms. The molecule has 0 aromatic heterocycles. The van der Waals surface area contributed by atoms with Crippen LogP contribution in [0.25, 0.3) is 0 Å². The van der Waals surface area contributed by atoms with E-state index in [4.69, 9.17) is 0 Å². The van der Waals surface area contributed by atoms with Crippen LogP contribution in [-0.4, -0.2) is 18.7 Å². The number of thioether (sulfide) groups is 1. The standard InChI is InChI=1S/C14H21NOS/c1-15-14(16)10-6-3-7-11-17-12-13-8-4-2-5-9-13/h2,4-5,8-9H,3,6-7,10-12H2,1H3,(H,15,16). The van der Waals surface area contributed by atoms with Crippen molar-refractivity contribution in [3.05, 3.63) is 35.9 Å². The highest BCUT2D eigenvalue weighted by molar-refractivity contribution is 7.98. The van der Waals surface area contributed by atoms with Crippen molar-refractivity contribution in [2.45, 2.75) is 31.4 Å². The molecule has 1 N–H and O–H groups in total. The molecule has 0 radical (unpaired) electrons. The predicted octanol–water partition coefficient (Wildman–Crippen LogP) is 3.23. The van der Waals surface area contributed by atoms with E-state index in [1.807, 2.05) is 17.8 Å². The highest BCUT2D eigenvalue weighted by Crippen LogP contribution is 2.14. The Hall–Kier alpha value is -0.960. The molecular weight excluding hydrogens is 230 g/mol. The second-order valence-electron chi connectivity index (χ2n) is 4.02. The van der Waals surface area contributed by atoms with Crippen LogP contribution in [0, 0.1) is 0 Å². The normalized spacial score (nSPS) is 10.2. The Morgan fingerprint density at radius 2 is 1.94 bits per heavy atom. The average Bonchev–Trinajstić information content (AvgIpc) is 2.38. The van der Waals surface area contributed by atoms with Crippen LogP contribution < -0.4 is 5.32 Å². The Bertz CT molecular complexity index is 313. The number of benzene rings is 1. The summed E-state index contributed by atoms with van der Waals surface area (Å²) in [6.45, 7) is 0. The predicted molar refractivity (Wildman–Crippen MR) is 75.1 cm³/mol. The lowest BCUT2D eigenvalue weighted by molar-refractivity contribution is -0.120. The van der Waals surface area contributed by atoms with Crippen molar-refractivity contribution in [3.8, 4) is 0 Å². The van der Waals surface area contributed by atoms with Gasteiger partial charge in [0, 0.05) is 19.2 Å². The highest BCUT2D eigenvalue weighted by atomic mass is 32.2. The van der Waals surface area contributed by atoms with Crippen molar-refractivity contribution >= 4 is 17.7 Å². The van der Waals surface area contributed by atoms with Gasteiger partial charge in [0.25, 0.3) is 0 Å². The number of unbranched alkanes of at least 4 members (excludes halogenated alkanes) is 2. The number of nitrogens with one attached hydrogen (secondary N) is 1. The first-order chi connectivity index (χ1) is 8.33. The second-order valence-corrected chi connectivity index (χ2v) is 5.13. The Labute approximate surface area is 108 Å². The number of carbonyl (C=O) groups is 1. The molecular formula is C14H21NOS. The molecule has 0 saturated carbocycles. The summed E-state index contributed by atoms with van der Waals surface area (Å²) in [5.41, 5.74) is 1.39. The third-order valence-electron chi connectivity index (χ3n) is 2.58. The van der Waals surface area contributed by atoms with Crippen molar-refractivity contribution in [2.75, 3.05) is 12.8 Å².